The number of hydrogen-bond donors (Lipinski definition) is 0. The van der Waals surface area contributed by atoms with Crippen molar-refractivity contribution in [2.45, 2.75) is 18.7 Å². The summed E-state index contributed by atoms with van der Waals surface area (Å²) >= 11 is 6.97. The number of ether oxygens (including phenoxy) is 1. The van der Waals surface area contributed by atoms with Gasteiger partial charge in [-0.3, -0.25) is 0 Å². The lowest BCUT2D eigenvalue weighted by molar-refractivity contribution is -0.276. The second-order valence-corrected chi connectivity index (χ2v) is 4.18. The van der Waals surface area contributed by atoms with Crippen LogP contribution in [0.15, 0.2) is 6.07 Å². The van der Waals surface area contributed by atoms with Crippen LogP contribution in [0.5, 0.6) is 5.88 Å². The minimum atomic E-state index is -5.08. The lowest BCUT2D eigenvalue weighted by atomic mass is 10.1. The van der Waals surface area contributed by atoms with Gasteiger partial charge in [0.2, 0.25) is 5.88 Å². The molecule has 0 spiro atoms. The van der Waals surface area contributed by atoms with Gasteiger partial charge in [-0.2, -0.15) is 0 Å². The summed E-state index contributed by atoms with van der Waals surface area (Å²) in [5.41, 5.74) is -1.07. The first-order chi connectivity index (χ1) is 7.74. The van der Waals surface area contributed by atoms with Crippen LogP contribution in [0, 0.1) is 3.70 Å². The van der Waals surface area contributed by atoms with Crippen LogP contribution < -0.4 is 4.74 Å². The highest BCUT2D eigenvalue weighted by Crippen LogP contribution is 2.35. The molecule has 1 rings (SSSR count). The summed E-state index contributed by atoms with van der Waals surface area (Å²) in [4.78, 5) is 3.29. The van der Waals surface area contributed by atoms with Gasteiger partial charge in [0.1, 0.15) is 3.70 Å². The number of nitrogens with zero attached hydrogens (tertiary/aromatic N) is 1. The first-order valence-corrected chi connectivity index (χ1v) is 5.65. The molecule has 0 atom stereocenters. The average molecular weight is 387 g/mol. The van der Waals surface area contributed by atoms with E-state index in [1.54, 1.807) is 22.6 Å². The van der Waals surface area contributed by atoms with Gasteiger partial charge in [0, 0.05) is 5.88 Å². The highest BCUT2D eigenvalue weighted by Gasteiger charge is 2.35. The van der Waals surface area contributed by atoms with Gasteiger partial charge in [-0.15, -0.1) is 24.8 Å². The van der Waals surface area contributed by atoms with E-state index in [-0.39, 0.29) is 15.1 Å². The molecule has 0 aliphatic rings. The predicted octanol–water partition coefficient (Wildman–Crippen LogP) is 4.26. The second kappa shape index (κ2) is 5.51. The number of aromatic nitrogens is 1. The van der Waals surface area contributed by atoms with E-state index in [2.05, 4.69) is 9.72 Å². The van der Waals surface area contributed by atoms with Gasteiger partial charge < -0.3 is 4.74 Å². The van der Waals surface area contributed by atoms with E-state index >= 15 is 0 Å². The minimum absolute atomic E-state index is 0.0851. The molecule has 9 heteroatoms. The number of hydrogen-bond acceptors (Lipinski definition) is 2. The molecular formula is C8H4ClF5INO. The van der Waals surface area contributed by atoms with Crippen LogP contribution in [0.25, 0.3) is 0 Å². The first kappa shape index (κ1) is 14.7. The van der Waals surface area contributed by atoms with Crippen LogP contribution in [0.4, 0.5) is 22.0 Å². The third-order valence-corrected chi connectivity index (χ3v) is 2.49. The molecule has 17 heavy (non-hydrogen) atoms. The van der Waals surface area contributed by atoms with E-state index in [0.717, 1.165) is 0 Å². The lowest BCUT2D eigenvalue weighted by Gasteiger charge is -2.14. The Bertz CT molecular complexity index is 412. The van der Waals surface area contributed by atoms with Crippen molar-refractivity contribution in [2.75, 3.05) is 0 Å². The number of halogens is 7. The van der Waals surface area contributed by atoms with Crippen molar-refractivity contribution in [1.82, 2.24) is 4.98 Å². The van der Waals surface area contributed by atoms with Gasteiger partial charge in [0.05, 0.1) is 5.56 Å². The fourth-order valence-corrected chi connectivity index (χ4v) is 1.90. The van der Waals surface area contributed by atoms with Crippen molar-refractivity contribution in [2.24, 2.45) is 0 Å². The van der Waals surface area contributed by atoms with E-state index in [9.17, 15) is 22.0 Å². The highest BCUT2D eigenvalue weighted by molar-refractivity contribution is 14.1. The van der Waals surface area contributed by atoms with Gasteiger partial charge in [0.15, 0.2) is 0 Å². The Morgan fingerprint density at radius 1 is 1.41 bits per heavy atom. The molecule has 0 radical (unpaired) electrons. The van der Waals surface area contributed by atoms with Gasteiger partial charge >= 0.3 is 6.36 Å². The molecule has 96 valence electrons. The Balaban J connectivity index is 3.30. The zero-order valence-electron chi connectivity index (χ0n) is 7.86. The summed E-state index contributed by atoms with van der Waals surface area (Å²) < 4.78 is 64.8. The smallest absolute Gasteiger partial charge is 0.387 e. The van der Waals surface area contributed by atoms with Crippen LogP contribution in [-0.2, 0) is 5.88 Å². The average Bonchev–Trinajstić information content (AvgIpc) is 2.12. The van der Waals surface area contributed by atoms with Crippen molar-refractivity contribution in [1.29, 1.82) is 0 Å². The van der Waals surface area contributed by atoms with Gasteiger partial charge in [-0.05, 0) is 34.2 Å². The fourth-order valence-electron chi connectivity index (χ4n) is 1.08. The quantitative estimate of drug-likeness (QED) is 0.335. The molecule has 0 bridgehead atoms. The molecule has 1 heterocycles. The molecular weight excluding hydrogens is 383 g/mol. The molecule has 1 aromatic heterocycles. The number of rotatable bonds is 3. The summed E-state index contributed by atoms with van der Waals surface area (Å²) in [6.45, 7) is 0. The molecule has 0 aromatic carbocycles. The van der Waals surface area contributed by atoms with Gasteiger partial charge in [-0.1, -0.05) is 0 Å². The standard InChI is InChI=1S/C8H4ClF5INO/c9-2-3-1-4(15)16-7(5(3)6(10)11)17-8(12,13)14/h1,6H,2H2. The zero-order chi connectivity index (χ0) is 13.2. The topological polar surface area (TPSA) is 22.1 Å². The first-order valence-electron chi connectivity index (χ1n) is 4.03. The van der Waals surface area contributed by atoms with Crippen LogP contribution in [0.1, 0.15) is 17.6 Å². The van der Waals surface area contributed by atoms with Gasteiger partial charge in [0.25, 0.3) is 6.43 Å². The SMILES string of the molecule is FC(F)c1c(CCl)cc(I)nc1OC(F)(F)F. The van der Waals surface area contributed by atoms with E-state index in [1.165, 1.54) is 6.07 Å². The Kier molecular flexibility index (Phi) is 4.76. The van der Waals surface area contributed by atoms with Gasteiger partial charge in [-0.25, -0.2) is 13.8 Å². The van der Waals surface area contributed by atoms with Crippen LogP contribution in [-0.4, -0.2) is 11.3 Å². The lowest BCUT2D eigenvalue weighted by Crippen LogP contribution is -2.20. The number of pyridine rings is 1. The molecule has 0 unspecified atom stereocenters. The fraction of sp³-hybridized carbons (Fsp3) is 0.375. The third kappa shape index (κ3) is 4.09. The molecule has 2 nitrogen and oxygen atoms in total. The summed E-state index contributed by atoms with van der Waals surface area (Å²) in [6, 6.07) is 1.18. The maximum atomic E-state index is 12.6. The summed E-state index contributed by atoms with van der Waals surface area (Å²) in [6.07, 6.45) is -8.23. The summed E-state index contributed by atoms with van der Waals surface area (Å²) in [5.74, 6) is -1.51. The monoisotopic (exact) mass is 387 g/mol. The molecule has 0 saturated carbocycles. The Morgan fingerprint density at radius 2 is 2.00 bits per heavy atom. The van der Waals surface area contributed by atoms with Crippen LogP contribution >= 0.6 is 34.2 Å². The minimum Gasteiger partial charge on any atom is -0.387 e. The molecule has 0 saturated heterocycles. The van der Waals surface area contributed by atoms with Crippen molar-refractivity contribution >= 4 is 34.2 Å². The Morgan fingerprint density at radius 3 is 2.41 bits per heavy atom. The largest absolute Gasteiger partial charge is 0.574 e. The van der Waals surface area contributed by atoms with E-state index in [4.69, 9.17) is 11.6 Å². The van der Waals surface area contributed by atoms with Crippen molar-refractivity contribution in [3.63, 3.8) is 0 Å². The second-order valence-electron chi connectivity index (χ2n) is 2.81. The van der Waals surface area contributed by atoms with E-state index in [0.29, 0.717) is 0 Å². The summed E-state index contributed by atoms with van der Waals surface area (Å²) in [5, 5.41) is 0. The molecule has 0 fully saturated rings. The normalized spacial score (nSPS) is 12.0. The third-order valence-electron chi connectivity index (χ3n) is 1.65. The van der Waals surface area contributed by atoms with E-state index in [1.807, 2.05) is 0 Å². The van der Waals surface area contributed by atoms with Crippen LogP contribution in [0.2, 0.25) is 0 Å². The highest BCUT2D eigenvalue weighted by atomic mass is 127. The molecule has 1 aromatic rings. The van der Waals surface area contributed by atoms with Crippen molar-refractivity contribution in [3.8, 4) is 5.88 Å². The maximum absolute atomic E-state index is 12.6. The van der Waals surface area contributed by atoms with Crippen molar-refractivity contribution in [3.05, 3.63) is 20.9 Å². The van der Waals surface area contributed by atoms with Crippen molar-refractivity contribution < 1.29 is 26.7 Å². The molecule has 0 aliphatic heterocycles. The summed E-state index contributed by atoms with van der Waals surface area (Å²) in [7, 11) is 0. The molecule has 0 N–H and O–H groups in total. The number of alkyl halides is 6. The predicted molar refractivity (Wildman–Crippen MR) is 58.2 cm³/mol. The molecule has 0 amide bonds. The zero-order valence-corrected chi connectivity index (χ0v) is 10.8. The van der Waals surface area contributed by atoms with E-state index < -0.39 is 24.2 Å². The van der Waals surface area contributed by atoms with Crippen LogP contribution in [0.3, 0.4) is 0 Å². The Labute approximate surface area is 111 Å². The molecule has 0 aliphatic carbocycles. The maximum Gasteiger partial charge on any atom is 0.574 e. The Hall–Kier alpha value is -0.380.